The smallest absolute Gasteiger partial charge is 0.0638 e. The number of aliphatic hydroxyl groups excluding tert-OH is 1. The highest BCUT2D eigenvalue weighted by atomic mass is 16.3. The molecule has 0 bridgehead atoms. The third kappa shape index (κ3) is 9.30. The van der Waals surface area contributed by atoms with Crippen molar-refractivity contribution in [2.75, 3.05) is 20.6 Å². The third-order valence-corrected chi connectivity index (χ3v) is 0.629. The lowest BCUT2D eigenvalue weighted by atomic mass is 10.4. The predicted octanol–water partition coefficient (Wildman–Crippen LogP) is -0.896. The van der Waals surface area contributed by atoms with Crippen LogP contribution >= 0.6 is 0 Å². The van der Waals surface area contributed by atoms with Gasteiger partial charge in [-0.05, 0) is 21.0 Å². The Hall–Kier alpha value is -0.120. The Balaban J connectivity index is 0. The molecule has 0 saturated heterocycles. The average Bonchev–Trinajstić information content (AvgIpc) is 1.27. The minimum Gasteiger partial charge on any atom is -0.412 e. The maximum Gasteiger partial charge on any atom is 0.0638 e. The zero-order valence-corrected chi connectivity index (χ0v) is 5.68. The topological polar surface area (TPSA) is 55.0 Å². The van der Waals surface area contributed by atoms with Crippen LogP contribution in [-0.2, 0) is 0 Å². The molecule has 3 N–H and O–H groups in total. The second-order valence-corrected chi connectivity index (χ2v) is 2.11. The minimum atomic E-state index is -0.199. The summed E-state index contributed by atoms with van der Waals surface area (Å²) in [5.74, 6) is 0. The number of rotatable bonds is 2. The molecule has 0 heterocycles. The molecule has 0 aliphatic heterocycles. The standard InChI is InChI=1S/C5H13NO.H2O/c1-5(7)4-6(2)3;/h5,7H,4H2,1-3H3;1H2. The van der Waals surface area contributed by atoms with Gasteiger partial charge in [-0.1, -0.05) is 0 Å². The number of aliphatic hydroxyl groups is 1. The molecule has 0 spiro atoms. The maximum atomic E-state index is 8.68. The van der Waals surface area contributed by atoms with Gasteiger partial charge in [0.15, 0.2) is 0 Å². The highest BCUT2D eigenvalue weighted by Crippen LogP contribution is 1.80. The molecule has 3 nitrogen and oxygen atoms in total. The first-order chi connectivity index (χ1) is 3.13. The molecule has 0 aromatic carbocycles. The molecule has 3 heteroatoms. The van der Waals surface area contributed by atoms with E-state index >= 15 is 0 Å². The van der Waals surface area contributed by atoms with Crippen LogP contribution < -0.4 is 0 Å². The summed E-state index contributed by atoms with van der Waals surface area (Å²) >= 11 is 0. The van der Waals surface area contributed by atoms with Crippen molar-refractivity contribution in [2.45, 2.75) is 13.0 Å². The number of nitrogens with zero attached hydrogens (tertiary/aromatic N) is 1. The SMILES string of the molecule is CC(O)CN(C)C.O. The van der Waals surface area contributed by atoms with E-state index in [1.165, 1.54) is 0 Å². The monoisotopic (exact) mass is 121 g/mol. The molecular weight excluding hydrogens is 106 g/mol. The van der Waals surface area contributed by atoms with Gasteiger partial charge in [-0.15, -0.1) is 0 Å². The number of hydrogen-bond acceptors (Lipinski definition) is 2. The van der Waals surface area contributed by atoms with Crippen LogP contribution in [0.5, 0.6) is 0 Å². The first-order valence-corrected chi connectivity index (χ1v) is 2.45. The Bertz CT molecular complexity index is 39.7. The molecule has 0 fully saturated rings. The van der Waals surface area contributed by atoms with Gasteiger partial charge in [0.1, 0.15) is 0 Å². The van der Waals surface area contributed by atoms with Gasteiger partial charge in [0.2, 0.25) is 0 Å². The number of hydrogen-bond donors (Lipinski definition) is 1. The summed E-state index contributed by atoms with van der Waals surface area (Å²) in [6.07, 6.45) is -0.199. The molecular formula is C5H15NO2. The molecule has 0 aromatic heterocycles. The highest BCUT2D eigenvalue weighted by molar-refractivity contribution is 4.48. The molecule has 1 unspecified atom stereocenters. The van der Waals surface area contributed by atoms with Crippen LogP contribution in [0.15, 0.2) is 0 Å². The van der Waals surface area contributed by atoms with Crippen molar-refractivity contribution in [1.29, 1.82) is 0 Å². The summed E-state index contributed by atoms with van der Waals surface area (Å²) < 4.78 is 0. The fourth-order valence-electron chi connectivity index (χ4n) is 0.528. The van der Waals surface area contributed by atoms with Crippen molar-refractivity contribution >= 4 is 0 Å². The Morgan fingerprint density at radius 2 is 1.88 bits per heavy atom. The van der Waals surface area contributed by atoms with E-state index in [-0.39, 0.29) is 11.6 Å². The quantitative estimate of drug-likeness (QED) is 0.515. The highest BCUT2D eigenvalue weighted by Gasteiger charge is 1.93. The van der Waals surface area contributed by atoms with E-state index in [1.54, 1.807) is 6.92 Å². The normalized spacial score (nSPS) is 13.1. The van der Waals surface area contributed by atoms with Crippen molar-refractivity contribution in [3.05, 3.63) is 0 Å². The first kappa shape index (κ1) is 10.8. The van der Waals surface area contributed by atoms with Crippen LogP contribution in [0.2, 0.25) is 0 Å². The largest absolute Gasteiger partial charge is 0.412 e. The molecule has 0 aromatic rings. The van der Waals surface area contributed by atoms with E-state index in [2.05, 4.69) is 0 Å². The lowest BCUT2D eigenvalue weighted by Crippen LogP contribution is -2.22. The van der Waals surface area contributed by atoms with Crippen LogP contribution in [0, 0.1) is 0 Å². The van der Waals surface area contributed by atoms with E-state index in [0.717, 1.165) is 6.54 Å². The van der Waals surface area contributed by atoms with Crippen molar-refractivity contribution in [1.82, 2.24) is 4.90 Å². The summed E-state index contributed by atoms with van der Waals surface area (Å²) in [5.41, 5.74) is 0. The molecule has 0 saturated carbocycles. The van der Waals surface area contributed by atoms with Crippen LogP contribution in [-0.4, -0.2) is 42.2 Å². The van der Waals surface area contributed by atoms with E-state index in [4.69, 9.17) is 5.11 Å². The molecule has 1 atom stereocenters. The Kier molecular flexibility index (Phi) is 6.78. The predicted molar refractivity (Wildman–Crippen MR) is 33.8 cm³/mol. The lowest BCUT2D eigenvalue weighted by molar-refractivity contribution is 0.154. The van der Waals surface area contributed by atoms with Gasteiger partial charge in [0, 0.05) is 6.54 Å². The summed E-state index contributed by atoms with van der Waals surface area (Å²) in [6.45, 7) is 2.53. The van der Waals surface area contributed by atoms with Crippen molar-refractivity contribution in [3.8, 4) is 0 Å². The third-order valence-electron chi connectivity index (χ3n) is 0.629. The zero-order valence-electron chi connectivity index (χ0n) is 5.68. The van der Waals surface area contributed by atoms with Crippen LogP contribution in [0.25, 0.3) is 0 Å². The van der Waals surface area contributed by atoms with E-state index in [1.807, 2.05) is 19.0 Å². The maximum absolute atomic E-state index is 8.68. The number of likely N-dealkylation sites (N-methyl/N-ethyl adjacent to an activating group) is 1. The van der Waals surface area contributed by atoms with Gasteiger partial charge in [0.05, 0.1) is 6.10 Å². The zero-order chi connectivity index (χ0) is 5.86. The van der Waals surface area contributed by atoms with Gasteiger partial charge >= 0.3 is 0 Å². The van der Waals surface area contributed by atoms with Gasteiger partial charge < -0.3 is 15.5 Å². The Morgan fingerprint density at radius 1 is 1.50 bits per heavy atom. The van der Waals surface area contributed by atoms with Crippen LogP contribution in [0.4, 0.5) is 0 Å². The van der Waals surface area contributed by atoms with Gasteiger partial charge in [-0.3, -0.25) is 0 Å². The van der Waals surface area contributed by atoms with Crippen molar-refractivity contribution in [3.63, 3.8) is 0 Å². The van der Waals surface area contributed by atoms with Gasteiger partial charge in [-0.2, -0.15) is 0 Å². The Labute approximate surface area is 50.2 Å². The molecule has 0 radical (unpaired) electrons. The summed E-state index contributed by atoms with van der Waals surface area (Å²) in [5, 5.41) is 8.68. The molecule has 0 rings (SSSR count). The van der Waals surface area contributed by atoms with E-state index in [9.17, 15) is 0 Å². The first-order valence-electron chi connectivity index (χ1n) is 2.45. The lowest BCUT2D eigenvalue weighted by Gasteiger charge is -2.10. The Morgan fingerprint density at radius 3 is 1.88 bits per heavy atom. The van der Waals surface area contributed by atoms with Gasteiger partial charge in [0.25, 0.3) is 0 Å². The second kappa shape index (κ2) is 5.03. The summed E-state index contributed by atoms with van der Waals surface area (Å²) in [4.78, 5) is 1.95. The molecule has 0 aliphatic rings. The van der Waals surface area contributed by atoms with E-state index in [0.29, 0.717) is 0 Å². The molecule has 0 aliphatic carbocycles. The molecule has 8 heavy (non-hydrogen) atoms. The second-order valence-electron chi connectivity index (χ2n) is 2.11. The summed E-state index contributed by atoms with van der Waals surface area (Å²) in [6, 6.07) is 0. The van der Waals surface area contributed by atoms with Gasteiger partial charge in [-0.25, -0.2) is 0 Å². The fraction of sp³-hybridized carbons (Fsp3) is 1.00. The van der Waals surface area contributed by atoms with Crippen molar-refractivity contribution < 1.29 is 10.6 Å². The van der Waals surface area contributed by atoms with E-state index < -0.39 is 0 Å². The average molecular weight is 121 g/mol. The van der Waals surface area contributed by atoms with Crippen LogP contribution in [0.1, 0.15) is 6.92 Å². The fourth-order valence-corrected chi connectivity index (χ4v) is 0.528. The summed E-state index contributed by atoms with van der Waals surface area (Å²) in [7, 11) is 3.87. The minimum absolute atomic E-state index is 0. The molecule has 0 amide bonds. The molecule has 52 valence electrons. The van der Waals surface area contributed by atoms with Crippen LogP contribution in [0.3, 0.4) is 0 Å². The van der Waals surface area contributed by atoms with Crippen molar-refractivity contribution in [2.24, 2.45) is 0 Å².